The molecule has 2 aromatic rings. The van der Waals surface area contributed by atoms with Crippen molar-refractivity contribution >= 4 is 23.4 Å². The minimum absolute atomic E-state index is 0.0548. The summed E-state index contributed by atoms with van der Waals surface area (Å²) in [5.74, 6) is 4.39. The number of carbonyl (C=O) groups is 2. The Kier molecular flexibility index (Phi) is 10.3. The summed E-state index contributed by atoms with van der Waals surface area (Å²) >= 11 is 0. The molecule has 0 bridgehead atoms. The first-order valence-electron chi connectivity index (χ1n) is 16.0. The maximum absolute atomic E-state index is 14.5. The summed E-state index contributed by atoms with van der Waals surface area (Å²) < 4.78 is 41.2. The van der Waals surface area contributed by atoms with Gasteiger partial charge in [0, 0.05) is 11.1 Å². The van der Waals surface area contributed by atoms with Gasteiger partial charge >= 0.3 is 6.18 Å². The molecule has 1 atom stereocenters. The molecule has 254 valence electrons. The van der Waals surface area contributed by atoms with Crippen LogP contribution < -0.4 is 11.2 Å². The quantitative estimate of drug-likeness (QED) is 0.0879. The predicted molar refractivity (Wildman–Crippen MR) is 176 cm³/mol. The van der Waals surface area contributed by atoms with Crippen molar-refractivity contribution in [2.24, 2.45) is 37.9 Å². The Morgan fingerprint density at radius 1 is 1.09 bits per heavy atom. The van der Waals surface area contributed by atoms with E-state index in [-0.39, 0.29) is 40.4 Å². The van der Waals surface area contributed by atoms with Gasteiger partial charge in [-0.3, -0.25) is 20.0 Å². The molecule has 1 heterocycles. The van der Waals surface area contributed by atoms with E-state index < -0.39 is 29.4 Å². The Morgan fingerprint density at radius 3 is 2.28 bits per heavy atom. The molecule has 1 fully saturated rings. The maximum Gasteiger partial charge on any atom is 0.416 e. The van der Waals surface area contributed by atoms with Crippen molar-refractivity contribution in [3.8, 4) is 0 Å². The molecule has 1 saturated carbocycles. The van der Waals surface area contributed by atoms with Gasteiger partial charge in [0.1, 0.15) is 11.4 Å². The molecule has 2 amide bonds. The summed E-state index contributed by atoms with van der Waals surface area (Å²) in [6.45, 7) is 12.9. The van der Waals surface area contributed by atoms with Crippen LogP contribution in [0.15, 0.2) is 63.9 Å². The lowest BCUT2D eigenvalue weighted by Crippen LogP contribution is -2.51. The van der Waals surface area contributed by atoms with Crippen molar-refractivity contribution in [1.82, 2.24) is 10.2 Å². The number of hydrogen-bond donors (Lipinski definition) is 3. The molecule has 12 heteroatoms. The van der Waals surface area contributed by atoms with E-state index in [9.17, 15) is 22.8 Å². The standard InChI is InChI=1S/C35H46F3N7O2/c1-32(2,3)17-16-27(22-10-12-23(13-11-22)30(46)41-21-28(39)43-44-40)45-31(47)29(24-8-7-9-26(20-24)35(36,37)38)42-34(45)18-14-25(15-19-34)33(4,5)6/h7-13,20,25,27H,14-19,21H2,1-6H3,(H,41,46)(H3,39,40,43)/t25?,27-,34?/m1/s1. The third kappa shape index (κ3) is 8.44. The van der Waals surface area contributed by atoms with Crippen LogP contribution >= 0.6 is 0 Å². The molecular formula is C35H46F3N7O2. The van der Waals surface area contributed by atoms with E-state index in [1.54, 1.807) is 12.1 Å². The maximum atomic E-state index is 14.5. The van der Waals surface area contributed by atoms with E-state index in [0.717, 1.165) is 37.0 Å². The highest BCUT2D eigenvalue weighted by atomic mass is 19.4. The SMILES string of the molecule is CC(C)(C)CC[C@H](c1ccc(C(=O)NCC(=N)N=NN)cc1)N1C(=O)C(c2cccc(C(F)(F)F)c2)=NC12CCC(C(C)(C)C)CC2. The number of aliphatic imine (C=N–C) groups is 1. The number of carbonyl (C=O) groups excluding carboxylic acids is 2. The van der Waals surface area contributed by atoms with Crippen LogP contribution in [0.1, 0.15) is 113 Å². The highest BCUT2D eigenvalue weighted by molar-refractivity contribution is 6.46. The molecule has 0 unspecified atom stereocenters. The highest BCUT2D eigenvalue weighted by Crippen LogP contribution is 2.50. The third-order valence-electron chi connectivity index (χ3n) is 9.30. The lowest BCUT2D eigenvalue weighted by atomic mass is 9.69. The first-order chi connectivity index (χ1) is 21.8. The first-order valence-corrected chi connectivity index (χ1v) is 16.0. The monoisotopic (exact) mass is 653 g/mol. The normalized spacial score (nSPS) is 21.3. The number of amides is 2. The topological polar surface area (TPSA) is 136 Å². The van der Waals surface area contributed by atoms with Gasteiger partial charge in [-0.15, -0.1) is 5.11 Å². The van der Waals surface area contributed by atoms with Crippen molar-refractivity contribution < 1.29 is 22.8 Å². The fourth-order valence-corrected chi connectivity index (χ4v) is 6.62. The van der Waals surface area contributed by atoms with Crippen molar-refractivity contribution in [3.05, 3.63) is 70.8 Å². The van der Waals surface area contributed by atoms with Gasteiger partial charge in [-0.2, -0.15) is 13.2 Å². The first kappa shape index (κ1) is 35.8. The zero-order chi connectivity index (χ0) is 34.8. The summed E-state index contributed by atoms with van der Waals surface area (Å²) in [6.07, 6.45) is -0.339. The second-order valence-corrected chi connectivity index (χ2v) is 14.9. The number of benzene rings is 2. The summed E-state index contributed by atoms with van der Waals surface area (Å²) in [7, 11) is 0. The number of halogens is 3. The summed E-state index contributed by atoms with van der Waals surface area (Å²) in [4.78, 5) is 34.2. The van der Waals surface area contributed by atoms with Crippen LogP contribution in [0.3, 0.4) is 0 Å². The average Bonchev–Trinajstić information content (AvgIpc) is 3.26. The summed E-state index contributed by atoms with van der Waals surface area (Å²) in [6, 6.07) is 11.4. The van der Waals surface area contributed by atoms with E-state index in [4.69, 9.17) is 16.2 Å². The Balaban J connectivity index is 1.75. The Morgan fingerprint density at radius 2 is 1.72 bits per heavy atom. The van der Waals surface area contributed by atoms with E-state index in [1.807, 2.05) is 17.0 Å². The summed E-state index contributed by atoms with van der Waals surface area (Å²) in [5, 5.41) is 16.7. The molecule has 47 heavy (non-hydrogen) atoms. The lowest BCUT2D eigenvalue weighted by Gasteiger charge is -2.47. The van der Waals surface area contributed by atoms with Crippen LogP contribution in [-0.2, 0) is 11.0 Å². The second-order valence-electron chi connectivity index (χ2n) is 14.9. The van der Waals surface area contributed by atoms with Gasteiger partial charge in [0.05, 0.1) is 18.2 Å². The number of alkyl halides is 3. The van der Waals surface area contributed by atoms with Crippen LogP contribution in [0.2, 0.25) is 0 Å². The molecule has 9 nitrogen and oxygen atoms in total. The molecule has 1 spiro atoms. The molecule has 0 aromatic heterocycles. The highest BCUT2D eigenvalue weighted by Gasteiger charge is 2.53. The fourth-order valence-electron chi connectivity index (χ4n) is 6.62. The molecule has 2 aromatic carbocycles. The summed E-state index contributed by atoms with van der Waals surface area (Å²) in [5.41, 5.74) is -0.348. The minimum atomic E-state index is -4.56. The van der Waals surface area contributed by atoms with Crippen molar-refractivity contribution in [1.29, 1.82) is 5.41 Å². The van der Waals surface area contributed by atoms with Gasteiger partial charge in [0.15, 0.2) is 5.84 Å². The van der Waals surface area contributed by atoms with Crippen LogP contribution in [0.25, 0.3) is 0 Å². The predicted octanol–water partition coefficient (Wildman–Crippen LogP) is 7.87. The van der Waals surface area contributed by atoms with Crippen LogP contribution in [0.4, 0.5) is 13.2 Å². The van der Waals surface area contributed by atoms with Crippen LogP contribution in [0, 0.1) is 22.2 Å². The Hall–Kier alpha value is -4.09. The Labute approximate surface area is 274 Å². The van der Waals surface area contributed by atoms with E-state index in [0.29, 0.717) is 30.7 Å². The van der Waals surface area contributed by atoms with Crippen molar-refractivity contribution in [2.75, 3.05) is 6.54 Å². The molecule has 1 aliphatic heterocycles. The smallest absolute Gasteiger partial charge is 0.345 e. The number of nitrogens with zero attached hydrogens (tertiary/aromatic N) is 4. The number of nitrogens with one attached hydrogen (secondary N) is 2. The van der Waals surface area contributed by atoms with Crippen LogP contribution in [0.5, 0.6) is 0 Å². The second kappa shape index (κ2) is 13.6. The molecule has 0 saturated heterocycles. The molecule has 1 aliphatic carbocycles. The van der Waals surface area contributed by atoms with Crippen molar-refractivity contribution in [3.63, 3.8) is 0 Å². The van der Waals surface area contributed by atoms with Gasteiger partial charge in [-0.25, -0.2) is 0 Å². The largest absolute Gasteiger partial charge is 0.416 e. The van der Waals surface area contributed by atoms with Gasteiger partial charge in [-0.05, 0) is 85.1 Å². The molecule has 4 N–H and O–H groups in total. The number of amidine groups is 1. The zero-order valence-electron chi connectivity index (χ0n) is 28.0. The minimum Gasteiger partial charge on any atom is -0.345 e. The van der Waals surface area contributed by atoms with E-state index >= 15 is 0 Å². The van der Waals surface area contributed by atoms with Gasteiger partial charge in [0.25, 0.3) is 11.8 Å². The van der Waals surface area contributed by atoms with Gasteiger partial charge in [0.2, 0.25) is 0 Å². The molecule has 4 rings (SSSR count). The molecular weight excluding hydrogens is 607 g/mol. The van der Waals surface area contributed by atoms with Crippen molar-refractivity contribution in [2.45, 2.75) is 97.9 Å². The molecule has 2 aliphatic rings. The average molecular weight is 654 g/mol. The zero-order valence-corrected chi connectivity index (χ0v) is 28.0. The van der Waals surface area contributed by atoms with E-state index in [1.165, 1.54) is 12.1 Å². The molecule has 0 radical (unpaired) electrons. The van der Waals surface area contributed by atoms with Gasteiger partial charge in [-0.1, -0.05) is 71.0 Å². The van der Waals surface area contributed by atoms with Crippen LogP contribution in [-0.4, -0.2) is 40.5 Å². The van der Waals surface area contributed by atoms with E-state index in [2.05, 4.69) is 57.2 Å². The number of nitrogens with two attached hydrogens (primary N) is 1. The Bertz CT molecular complexity index is 1530. The third-order valence-corrected chi connectivity index (χ3v) is 9.30. The lowest BCUT2D eigenvalue weighted by molar-refractivity contribution is -0.137. The van der Waals surface area contributed by atoms with Gasteiger partial charge < -0.3 is 16.1 Å². The fraction of sp³-hybridized carbons (Fsp3) is 0.543. The number of hydrogen-bond acceptors (Lipinski definition) is 5. The number of rotatable bonds is 8.